The van der Waals surface area contributed by atoms with Gasteiger partial charge in [0.15, 0.2) is 12.2 Å². The summed E-state index contributed by atoms with van der Waals surface area (Å²) >= 11 is 0. The Kier molecular flexibility index (Phi) is 12.5. The van der Waals surface area contributed by atoms with Gasteiger partial charge in [-0.05, 0) is 25.0 Å². The standard InChI is InChI=1S/C25H34N2O10/c1-16(28)33-15-20-23(34-17(2)29)24(35-18(3)30)25(36-20)37-27-22(32)14-10-5-4-9-13-21(31)26-19-11-7-6-8-12-19/h6-8,11-12,20,23-25H,4-5,9-10,13-15H2,1-3H3,(H,26,31)(H,27,32)/t20-,23-,24-,25+/m1/s1. The normalized spacial score (nSPS) is 20.5. The fraction of sp³-hybridized carbons (Fsp3) is 0.560. The molecule has 1 aliphatic heterocycles. The molecule has 12 nitrogen and oxygen atoms in total. The second-order valence-electron chi connectivity index (χ2n) is 8.47. The second-order valence-corrected chi connectivity index (χ2v) is 8.47. The van der Waals surface area contributed by atoms with Crippen molar-refractivity contribution in [2.45, 2.75) is 83.9 Å². The lowest BCUT2D eigenvalue weighted by atomic mass is 10.1. The predicted octanol–water partition coefficient (Wildman–Crippen LogP) is 2.16. The van der Waals surface area contributed by atoms with E-state index in [9.17, 15) is 24.0 Å². The molecule has 0 radical (unpaired) electrons. The van der Waals surface area contributed by atoms with Crippen molar-refractivity contribution in [1.82, 2.24) is 5.48 Å². The molecule has 0 unspecified atom stereocenters. The van der Waals surface area contributed by atoms with E-state index < -0.39 is 48.4 Å². The summed E-state index contributed by atoms with van der Waals surface area (Å²) in [5.41, 5.74) is 3.01. The molecule has 1 aromatic carbocycles. The Morgan fingerprint density at radius 1 is 0.784 bits per heavy atom. The molecule has 4 atom stereocenters. The van der Waals surface area contributed by atoms with E-state index in [1.54, 1.807) is 0 Å². The Hall–Kier alpha value is -3.51. The van der Waals surface area contributed by atoms with Crippen LogP contribution in [0.1, 0.15) is 59.3 Å². The van der Waals surface area contributed by atoms with E-state index in [4.69, 9.17) is 23.8 Å². The fourth-order valence-corrected chi connectivity index (χ4v) is 3.62. The van der Waals surface area contributed by atoms with Gasteiger partial charge < -0.3 is 24.3 Å². The molecular weight excluding hydrogens is 488 g/mol. The molecule has 37 heavy (non-hydrogen) atoms. The van der Waals surface area contributed by atoms with Crippen LogP contribution >= 0.6 is 0 Å². The van der Waals surface area contributed by atoms with Gasteiger partial charge in [-0.1, -0.05) is 31.0 Å². The smallest absolute Gasteiger partial charge is 0.303 e. The minimum Gasteiger partial charge on any atom is -0.463 e. The third-order valence-electron chi connectivity index (χ3n) is 5.23. The molecule has 12 heteroatoms. The van der Waals surface area contributed by atoms with Gasteiger partial charge in [0.2, 0.25) is 18.1 Å². The summed E-state index contributed by atoms with van der Waals surface area (Å²) in [6.45, 7) is 3.25. The number of esters is 3. The van der Waals surface area contributed by atoms with Crippen molar-refractivity contribution in [3.05, 3.63) is 30.3 Å². The van der Waals surface area contributed by atoms with Crippen molar-refractivity contribution < 1.29 is 47.8 Å². The average molecular weight is 523 g/mol. The van der Waals surface area contributed by atoms with E-state index in [0.29, 0.717) is 19.3 Å². The molecule has 1 aromatic rings. The summed E-state index contributed by atoms with van der Waals surface area (Å²) in [6.07, 6.45) is -1.24. The number of hydroxylamine groups is 1. The lowest BCUT2D eigenvalue weighted by molar-refractivity contribution is -0.213. The molecule has 204 valence electrons. The highest BCUT2D eigenvalue weighted by atomic mass is 16.8. The van der Waals surface area contributed by atoms with E-state index in [2.05, 4.69) is 10.8 Å². The number of unbranched alkanes of at least 4 members (excludes halogenated alkanes) is 3. The van der Waals surface area contributed by atoms with E-state index >= 15 is 0 Å². The number of nitrogens with one attached hydrogen (secondary N) is 2. The maximum Gasteiger partial charge on any atom is 0.303 e. The van der Waals surface area contributed by atoms with Crippen molar-refractivity contribution in [3.63, 3.8) is 0 Å². The van der Waals surface area contributed by atoms with Gasteiger partial charge in [-0.25, -0.2) is 10.3 Å². The van der Waals surface area contributed by atoms with Crippen LogP contribution in [0.4, 0.5) is 5.69 Å². The Bertz CT molecular complexity index is 923. The Morgan fingerprint density at radius 2 is 1.38 bits per heavy atom. The zero-order valence-corrected chi connectivity index (χ0v) is 21.2. The number of amides is 2. The quantitative estimate of drug-likeness (QED) is 0.161. The van der Waals surface area contributed by atoms with Gasteiger partial charge in [-0.3, -0.25) is 24.0 Å². The van der Waals surface area contributed by atoms with Gasteiger partial charge in [0.05, 0.1) is 0 Å². The predicted molar refractivity (Wildman–Crippen MR) is 128 cm³/mol. The van der Waals surface area contributed by atoms with Crippen molar-refractivity contribution in [1.29, 1.82) is 0 Å². The van der Waals surface area contributed by atoms with Gasteiger partial charge in [-0.15, -0.1) is 0 Å². The number of ether oxygens (including phenoxy) is 4. The van der Waals surface area contributed by atoms with Crippen LogP contribution in [-0.2, 0) is 47.8 Å². The minimum atomic E-state index is -1.29. The molecule has 1 saturated heterocycles. The first-order chi connectivity index (χ1) is 17.7. The summed E-state index contributed by atoms with van der Waals surface area (Å²) in [7, 11) is 0. The van der Waals surface area contributed by atoms with Crippen LogP contribution in [0.3, 0.4) is 0 Å². The van der Waals surface area contributed by atoms with Gasteiger partial charge in [0.25, 0.3) is 0 Å². The second kappa shape index (κ2) is 15.6. The highest BCUT2D eigenvalue weighted by Gasteiger charge is 2.51. The first-order valence-electron chi connectivity index (χ1n) is 12.1. The van der Waals surface area contributed by atoms with Crippen LogP contribution in [0, 0.1) is 0 Å². The van der Waals surface area contributed by atoms with Gasteiger partial charge >= 0.3 is 17.9 Å². The zero-order chi connectivity index (χ0) is 27.2. The third kappa shape index (κ3) is 11.4. The molecule has 0 aromatic heterocycles. The van der Waals surface area contributed by atoms with Gasteiger partial charge in [0, 0.05) is 39.3 Å². The molecule has 1 aliphatic rings. The highest BCUT2D eigenvalue weighted by Crippen LogP contribution is 2.28. The van der Waals surface area contributed by atoms with Gasteiger partial charge in [0.1, 0.15) is 12.7 Å². The van der Waals surface area contributed by atoms with Crippen LogP contribution in [-0.4, -0.2) is 60.9 Å². The van der Waals surface area contributed by atoms with Crippen LogP contribution in [0.2, 0.25) is 0 Å². The van der Waals surface area contributed by atoms with E-state index in [1.807, 2.05) is 30.3 Å². The number of anilines is 1. The first-order valence-corrected chi connectivity index (χ1v) is 12.1. The summed E-state index contributed by atoms with van der Waals surface area (Å²) in [5, 5.41) is 2.82. The summed E-state index contributed by atoms with van der Waals surface area (Å²) in [5.74, 6) is -2.42. The zero-order valence-electron chi connectivity index (χ0n) is 21.2. The molecule has 0 saturated carbocycles. The Morgan fingerprint density at radius 3 is 1.97 bits per heavy atom. The lowest BCUT2D eigenvalue weighted by Gasteiger charge is -2.23. The van der Waals surface area contributed by atoms with Crippen LogP contribution < -0.4 is 10.8 Å². The third-order valence-corrected chi connectivity index (χ3v) is 5.23. The largest absolute Gasteiger partial charge is 0.463 e. The van der Waals surface area contributed by atoms with E-state index in [-0.39, 0.29) is 18.9 Å². The van der Waals surface area contributed by atoms with Gasteiger partial charge in [-0.2, -0.15) is 0 Å². The van der Waals surface area contributed by atoms with Crippen LogP contribution in [0.25, 0.3) is 0 Å². The Balaban J connectivity index is 1.73. The monoisotopic (exact) mass is 522 g/mol. The highest BCUT2D eigenvalue weighted by molar-refractivity contribution is 5.90. The fourth-order valence-electron chi connectivity index (χ4n) is 3.62. The minimum absolute atomic E-state index is 0.0599. The summed E-state index contributed by atoms with van der Waals surface area (Å²) < 4.78 is 20.9. The van der Waals surface area contributed by atoms with Crippen LogP contribution in [0.5, 0.6) is 0 Å². The summed E-state index contributed by atoms with van der Waals surface area (Å²) in [4.78, 5) is 63.8. The number of benzene rings is 1. The average Bonchev–Trinajstić information content (AvgIpc) is 3.14. The number of hydrogen-bond acceptors (Lipinski definition) is 10. The van der Waals surface area contributed by atoms with Crippen LogP contribution in [0.15, 0.2) is 30.3 Å². The molecule has 0 aliphatic carbocycles. The number of para-hydroxylation sites is 1. The number of hydrogen-bond donors (Lipinski definition) is 2. The maximum absolute atomic E-state index is 12.2. The number of carbonyl (C=O) groups is 5. The molecule has 2 N–H and O–H groups in total. The van der Waals surface area contributed by atoms with Crippen molar-refractivity contribution in [3.8, 4) is 0 Å². The van der Waals surface area contributed by atoms with Crippen molar-refractivity contribution in [2.24, 2.45) is 0 Å². The molecular formula is C25H34N2O10. The molecule has 1 heterocycles. The van der Waals surface area contributed by atoms with Crippen molar-refractivity contribution >= 4 is 35.4 Å². The van der Waals surface area contributed by atoms with E-state index in [1.165, 1.54) is 13.8 Å². The Labute approximate surface area is 215 Å². The molecule has 0 spiro atoms. The molecule has 2 rings (SSSR count). The molecule has 2 amide bonds. The number of rotatable bonds is 14. The number of carbonyl (C=O) groups excluding carboxylic acids is 5. The summed E-state index contributed by atoms with van der Waals surface area (Å²) in [6, 6.07) is 9.21. The van der Waals surface area contributed by atoms with Crippen molar-refractivity contribution in [2.75, 3.05) is 11.9 Å². The lowest BCUT2D eigenvalue weighted by Crippen LogP contribution is -2.43. The molecule has 1 fully saturated rings. The van der Waals surface area contributed by atoms with E-state index in [0.717, 1.165) is 25.5 Å². The SMILES string of the molecule is CC(=O)OC[C@H]1O[C@@H](ONC(=O)CCCCCCC(=O)Nc2ccccc2)[C@H](OC(C)=O)[C@@H]1OC(C)=O. The topological polar surface area (TPSA) is 156 Å². The maximum atomic E-state index is 12.2. The molecule has 0 bridgehead atoms. The first kappa shape index (κ1) is 29.7.